The molecule has 2 atom stereocenters. The van der Waals surface area contributed by atoms with E-state index in [1.165, 1.54) is 27.5 Å². The predicted octanol–water partition coefficient (Wildman–Crippen LogP) is 3.24. The SMILES string of the molecule is N#CN1CC[C@H](C(=O)Nc2nc3ccc(-n4ccnn4)cc3s2)C1.N#CN1CC[C@H](C(=O)Nc2nc3ccc(-n4nccn4)cc3s2)C1. The number of benzene rings is 2. The summed E-state index contributed by atoms with van der Waals surface area (Å²) in [5, 5.41) is 40.6. The monoisotopic (exact) mass is 678 g/mol. The van der Waals surface area contributed by atoms with E-state index in [0.29, 0.717) is 49.3 Å². The van der Waals surface area contributed by atoms with Crippen LogP contribution in [0.25, 0.3) is 31.8 Å². The largest absolute Gasteiger partial charge is 0.310 e. The van der Waals surface area contributed by atoms with Gasteiger partial charge in [0.15, 0.2) is 22.6 Å². The number of aromatic nitrogens is 8. The number of hydrogen-bond acceptors (Lipinski definition) is 14. The molecule has 0 bridgehead atoms. The van der Waals surface area contributed by atoms with E-state index in [1.54, 1.807) is 39.3 Å². The maximum absolute atomic E-state index is 12.3. The van der Waals surface area contributed by atoms with Crippen LogP contribution in [0.2, 0.25) is 0 Å². The zero-order valence-electron chi connectivity index (χ0n) is 25.2. The van der Waals surface area contributed by atoms with E-state index in [4.69, 9.17) is 10.5 Å². The van der Waals surface area contributed by atoms with E-state index >= 15 is 0 Å². The lowest BCUT2D eigenvalue weighted by atomic mass is 10.1. The minimum absolute atomic E-state index is 0.0803. The van der Waals surface area contributed by atoms with E-state index in [0.717, 1.165) is 31.8 Å². The van der Waals surface area contributed by atoms with Crippen LogP contribution in [-0.2, 0) is 9.59 Å². The van der Waals surface area contributed by atoms with Gasteiger partial charge in [-0.25, -0.2) is 14.6 Å². The van der Waals surface area contributed by atoms with Gasteiger partial charge in [-0.15, -0.1) is 5.10 Å². The molecule has 16 nitrogen and oxygen atoms in total. The second kappa shape index (κ2) is 13.4. The molecule has 4 aromatic heterocycles. The molecule has 18 heteroatoms. The molecule has 2 aromatic carbocycles. The van der Waals surface area contributed by atoms with Gasteiger partial charge in [-0.1, -0.05) is 27.9 Å². The van der Waals surface area contributed by atoms with Crippen LogP contribution in [0, 0.1) is 34.7 Å². The number of fused-ring (bicyclic) bond motifs is 2. The highest BCUT2D eigenvalue weighted by Crippen LogP contribution is 2.30. The van der Waals surface area contributed by atoms with Gasteiger partial charge in [0.1, 0.15) is 0 Å². The molecule has 6 aromatic rings. The zero-order valence-corrected chi connectivity index (χ0v) is 26.8. The molecule has 0 spiro atoms. The molecule has 2 N–H and O–H groups in total. The van der Waals surface area contributed by atoms with Gasteiger partial charge < -0.3 is 20.4 Å². The molecule has 48 heavy (non-hydrogen) atoms. The number of carbonyl (C=O) groups excluding carboxylic acids is 2. The van der Waals surface area contributed by atoms with Crippen LogP contribution in [0.15, 0.2) is 61.2 Å². The Balaban J connectivity index is 0.000000152. The minimum atomic E-state index is -0.166. The number of nitrogens with zero attached hydrogens (tertiary/aromatic N) is 12. The van der Waals surface area contributed by atoms with Crippen molar-refractivity contribution >= 4 is 65.2 Å². The van der Waals surface area contributed by atoms with Crippen LogP contribution in [0.3, 0.4) is 0 Å². The molecule has 8 rings (SSSR count). The molecular weight excluding hydrogens is 653 g/mol. The van der Waals surface area contributed by atoms with Gasteiger partial charge >= 0.3 is 0 Å². The maximum atomic E-state index is 12.3. The van der Waals surface area contributed by atoms with E-state index in [9.17, 15) is 9.59 Å². The van der Waals surface area contributed by atoms with Gasteiger partial charge in [0.25, 0.3) is 0 Å². The lowest BCUT2D eigenvalue weighted by molar-refractivity contribution is -0.120. The minimum Gasteiger partial charge on any atom is -0.310 e. The van der Waals surface area contributed by atoms with Gasteiger partial charge in [0.2, 0.25) is 11.8 Å². The fourth-order valence-electron chi connectivity index (χ4n) is 5.44. The van der Waals surface area contributed by atoms with Gasteiger partial charge in [-0.3, -0.25) is 9.59 Å². The van der Waals surface area contributed by atoms with Crippen molar-refractivity contribution in [3.05, 3.63) is 61.2 Å². The van der Waals surface area contributed by atoms with Crippen molar-refractivity contribution in [3.8, 4) is 23.8 Å². The molecule has 2 aliphatic rings. The summed E-state index contributed by atoms with van der Waals surface area (Å²) in [6.07, 6.45) is 12.2. The molecule has 0 saturated carbocycles. The molecule has 2 amide bonds. The molecule has 2 aliphatic heterocycles. The fourth-order valence-corrected chi connectivity index (χ4v) is 7.24. The third kappa shape index (κ3) is 6.61. The number of carbonyl (C=O) groups is 2. The Morgan fingerprint density at radius 1 is 0.771 bits per heavy atom. The normalized spacial score (nSPS) is 17.1. The zero-order chi connectivity index (χ0) is 33.0. The van der Waals surface area contributed by atoms with E-state index < -0.39 is 0 Å². The van der Waals surface area contributed by atoms with Crippen molar-refractivity contribution in [1.29, 1.82) is 10.5 Å². The second-order valence-corrected chi connectivity index (χ2v) is 13.1. The first-order chi connectivity index (χ1) is 23.4. The number of likely N-dealkylation sites (tertiary alicyclic amines) is 2. The Morgan fingerprint density at radius 2 is 1.31 bits per heavy atom. The van der Waals surface area contributed by atoms with Crippen LogP contribution >= 0.6 is 22.7 Å². The third-order valence-corrected chi connectivity index (χ3v) is 9.81. The molecule has 2 saturated heterocycles. The Bertz CT molecular complexity index is 2010. The van der Waals surface area contributed by atoms with Crippen LogP contribution < -0.4 is 10.6 Å². The Labute approximate surface area is 280 Å². The first-order valence-electron chi connectivity index (χ1n) is 14.9. The summed E-state index contributed by atoms with van der Waals surface area (Å²) in [6, 6.07) is 11.5. The highest BCUT2D eigenvalue weighted by molar-refractivity contribution is 7.22. The number of anilines is 2. The number of rotatable bonds is 6. The third-order valence-electron chi connectivity index (χ3n) is 7.94. The summed E-state index contributed by atoms with van der Waals surface area (Å²) >= 11 is 2.83. The number of thiazole rings is 2. The van der Waals surface area contributed by atoms with Crippen molar-refractivity contribution in [2.24, 2.45) is 11.8 Å². The van der Waals surface area contributed by atoms with E-state index in [1.807, 2.05) is 36.4 Å². The van der Waals surface area contributed by atoms with Gasteiger partial charge in [-0.2, -0.15) is 25.5 Å². The summed E-state index contributed by atoms with van der Waals surface area (Å²) in [5.74, 6) is -0.494. The summed E-state index contributed by atoms with van der Waals surface area (Å²) in [5.41, 5.74) is 3.37. The molecule has 0 unspecified atom stereocenters. The number of amides is 2. The van der Waals surface area contributed by atoms with Gasteiger partial charge in [0.05, 0.1) is 68.4 Å². The Hall–Kier alpha value is -5.98. The van der Waals surface area contributed by atoms with Crippen molar-refractivity contribution in [2.75, 3.05) is 36.8 Å². The molecular formula is C30H26N14O2S2. The van der Waals surface area contributed by atoms with E-state index in [2.05, 4.69) is 53.5 Å². The summed E-state index contributed by atoms with van der Waals surface area (Å²) in [7, 11) is 0. The highest BCUT2D eigenvalue weighted by Gasteiger charge is 2.29. The topological polar surface area (TPSA) is 199 Å². The molecule has 2 fully saturated rings. The summed E-state index contributed by atoms with van der Waals surface area (Å²) in [6.45, 7) is 2.22. The second-order valence-electron chi connectivity index (χ2n) is 11.0. The number of nitrogens with one attached hydrogen (secondary N) is 2. The molecule has 6 heterocycles. The number of hydrogen-bond donors (Lipinski definition) is 2. The molecule has 0 radical (unpaired) electrons. The number of nitriles is 2. The summed E-state index contributed by atoms with van der Waals surface area (Å²) in [4.78, 5) is 38.2. The van der Waals surface area contributed by atoms with E-state index in [-0.39, 0.29) is 23.7 Å². The van der Waals surface area contributed by atoms with Crippen LogP contribution in [0.4, 0.5) is 10.3 Å². The van der Waals surface area contributed by atoms with Crippen LogP contribution in [0.5, 0.6) is 0 Å². The quantitative estimate of drug-likeness (QED) is 0.244. The first-order valence-corrected chi connectivity index (χ1v) is 16.5. The summed E-state index contributed by atoms with van der Waals surface area (Å²) < 4.78 is 3.58. The Morgan fingerprint density at radius 3 is 1.81 bits per heavy atom. The average molecular weight is 679 g/mol. The van der Waals surface area contributed by atoms with Crippen molar-refractivity contribution in [1.82, 2.24) is 49.8 Å². The maximum Gasteiger partial charge on any atom is 0.231 e. The standard InChI is InChI=1S/2C15H13N7OS/c16-9-21-6-3-10(8-21)14(23)20-15-19-12-2-1-11(7-13(12)24-15)22-17-4-5-18-22;16-9-21-5-3-10(8-21)14(23)19-15-18-12-2-1-11(7-13(12)24-15)22-6-4-17-20-22/h1-2,4-5,7,10H,3,6,8H2,(H,19,20,23);1-2,4,6-7,10H,3,5,8H2,(H,18,19,23)/t2*10-/m00/s1. The van der Waals surface area contributed by atoms with Crippen LogP contribution in [0.1, 0.15) is 12.8 Å². The molecule has 0 aliphatic carbocycles. The fraction of sp³-hybridized carbons (Fsp3) is 0.267. The van der Waals surface area contributed by atoms with Gasteiger partial charge in [-0.05, 0) is 49.2 Å². The lowest BCUT2D eigenvalue weighted by Gasteiger charge is -2.08. The highest BCUT2D eigenvalue weighted by atomic mass is 32.1. The lowest BCUT2D eigenvalue weighted by Crippen LogP contribution is -2.25. The predicted molar refractivity (Wildman–Crippen MR) is 177 cm³/mol. The van der Waals surface area contributed by atoms with Gasteiger partial charge in [0, 0.05) is 26.2 Å². The smallest absolute Gasteiger partial charge is 0.231 e. The van der Waals surface area contributed by atoms with Crippen molar-refractivity contribution in [3.63, 3.8) is 0 Å². The van der Waals surface area contributed by atoms with Crippen LogP contribution in [-0.4, -0.2) is 87.7 Å². The average Bonchev–Trinajstić information content (AvgIpc) is 3.94. The first kappa shape index (κ1) is 30.7. The van der Waals surface area contributed by atoms with Crippen molar-refractivity contribution < 1.29 is 9.59 Å². The Kier molecular flexibility index (Phi) is 8.56. The molecule has 240 valence electrons. The van der Waals surface area contributed by atoms with Crippen molar-refractivity contribution in [2.45, 2.75) is 12.8 Å².